The van der Waals surface area contributed by atoms with E-state index in [0.29, 0.717) is 6.54 Å². The fraction of sp³-hybridized carbons (Fsp3) is 0.455. The molecule has 4 nitrogen and oxygen atoms in total. The molecule has 0 aliphatic heterocycles. The first-order valence-electron chi connectivity index (χ1n) is 4.91. The molecule has 1 aromatic heterocycles. The normalized spacial score (nSPS) is 12.7. The lowest BCUT2D eigenvalue weighted by atomic mass is 10.2. The van der Waals surface area contributed by atoms with Crippen molar-refractivity contribution in [2.45, 2.75) is 25.9 Å². The zero-order valence-corrected chi connectivity index (χ0v) is 9.05. The quantitative estimate of drug-likeness (QED) is 0.794. The van der Waals surface area contributed by atoms with Crippen LogP contribution in [0.1, 0.15) is 19.0 Å². The minimum absolute atomic E-state index is 0.0181. The van der Waals surface area contributed by atoms with Crippen molar-refractivity contribution in [1.29, 1.82) is 0 Å². The number of hydrogen-bond acceptors (Lipinski definition) is 3. The maximum absolute atomic E-state index is 10.5. The summed E-state index contributed by atoms with van der Waals surface area (Å²) in [6, 6.07) is 5.75. The summed E-state index contributed by atoms with van der Waals surface area (Å²) >= 11 is 0. The molecule has 0 aliphatic carbocycles. The molecule has 1 heterocycles. The fourth-order valence-electron chi connectivity index (χ4n) is 1.31. The van der Waals surface area contributed by atoms with Gasteiger partial charge in [-0.2, -0.15) is 0 Å². The average Bonchev–Trinajstić information content (AvgIpc) is 2.18. The summed E-state index contributed by atoms with van der Waals surface area (Å²) in [5.41, 5.74) is 0.956. The van der Waals surface area contributed by atoms with Gasteiger partial charge in [-0.15, -0.1) is 0 Å². The van der Waals surface area contributed by atoms with Crippen LogP contribution in [0.25, 0.3) is 0 Å². The molecule has 1 aromatic rings. The molecule has 1 N–H and O–H groups in total. The predicted molar refractivity (Wildman–Crippen MR) is 57.4 cm³/mol. The monoisotopic (exact) mass is 208 g/mol. The van der Waals surface area contributed by atoms with Gasteiger partial charge in [0.25, 0.3) is 0 Å². The summed E-state index contributed by atoms with van der Waals surface area (Å²) in [5.74, 6) is -0.768. The lowest BCUT2D eigenvalue weighted by molar-refractivity contribution is -0.138. The number of pyridine rings is 1. The van der Waals surface area contributed by atoms with Crippen LogP contribution in [-0.4, -0.2) is 34.0 Å². The molecule has 82 valence electrons. The van der Waals surface area contributed by atoms with Crippen molar-refractivity contribution in [3.05, 3.63) is 30.1 Å². The molecule has 0 radical (unpaired) electrons. The van der Waals surface area contributed by atoms with E-state index in [-0.39, 0.29) is 12.5 Å². The number of hydrogen-bond donors (Lipinski definition) is 1. The van der Waals surface area contributed by atoms with Crippen LogP contribution < -0.4 is 0 Å². The van der Waals surface area contributed by atoms with Crippen LogP contribution in [0.4, 0.5) is 0 Å². The van der Waals surface area contributed by atoms with Crippen LogP contribution in [0.5, 0.6) is 0 Å². The van der Waals surface area contributed by atoms with Gasteiger partial charge in [0.15, 0.2) is 0 Å². The van der Waals surface area contributed by atoms with Gasteiger partial charge in [-0.3, -0.25) is 14.7 Å². The maximum atomic E-state index is 10.5. The average molecular weight is 208 g/mol. The number of aromatic nitrogens is 1. The number of carboxylic acid groups (broad SMARTS) is 1. The zero-order valence-electron chi connectivity index (χ0n) is 9.05. The minimum atomic E-state index is -0.768. The van der Waals surface area contributed by atoms with Gasteiger partial charge in [0, 0.05) is 18.8 Å². The predicted octanol–water partition coefficient (Wildman–Crippen LogP) is 1.38. The highest BCUT2D eigenvalue weighted by Crippen LogP contribution is 2.06. The number of rotatable bonds is 5. The molecule has 0 spiro atoms. The van der Waals surface area contributed by atoms with Crippen molar-refractivity contribution in [3.8, 4) is 0 Å². The summed E-state index contributed by atoms with van der Waals surface area (Å²) in [5, 5.41) is 8.66. The molecular formula is C11H16N2O2. The van der Waals surface area contributed by atoms with Crippen LogP contribution in [0.2, 0.25) is 0 Å². The van der Waals surface area contributed by atoms with Gasteiger partial charge in [-0.05, 0) is 26.1 Å². The Morgan fingerprint density at radius 2 is 2.33 bits per heavy atom. The molecule has 0 bridgehead atoms. The van der Waals surface area contributed by atoms with Crippen molar-refractivity contribution in [1.82, 2.24) is 9.88 Å². The van der Waals surface area contributed by atoms with E-state index in [1.165, 1.54) is 0 Å². The molecule has 0 saturated carbocycles. The van der Waals surface area contributed by atoms with Gasteiger partial charge in [-0.25, -0.2) is 0 Å². The Labute approximate surface area is 89.6 Å². The lowest BCUT2D eigenvalue weighted by Crippen LogP contribution is -2.30. The Morgan fingerprint density at radius 3 is 2.87 bits per heavy atom. The van der Waals surface area contributed by atoms with E-state index < -0.39 is 5.97 Å². The number of carboxylic acids is 1. The molecule has 15 heavy (non-hydrogen) atoms. The van der Waals surface area contributed by atoms with Gasteiger partial charge in [0.05, 0.1) is 12.1 Å². The van der Waals surface area contributed by atoms with Crippen molar-refractivity contribution in [2.24, 2.45) is 0 Å². The Hall–Kier alpha value is -1.42. The highest BCUT2D eigenvalue weighted by atomic mass is 16.4. The maximum Gasteiger partial charge on any atom is 0.304 e. The molecule has 0 amide bonds. The Morgan fingerprint density at radius 1 is 1.60 bits per heavy atom. The second kappa shape index (κ2) is 5.46. The van der Waals surface area contributed by atoms with Crippen molar-refractivity contribution in [2.75, 3.05) is 7.05 Å². The van der Waals surface area contributed by atoms with E-state index in [4.69, 9.17) is 5.11 Å². The van der Waals surface area contributed by atoms with E-state index in [1.807, 2.05) is 37.1 Å². The largest absolute Gasteiger partial charge is 0.481 e. The first kappa shape index (κ1) is 11.7. The van der Waals surface area contributed by atoms with Gasteiger partial charge < -0.3 is 5.11 Å². The third-order valence-electron chi connectivity index (χ3n) is 2.36. The molecule has 1 rings (SSSR count). The number of carbonyl (C=O) groups is 1. The second-order valence-electron chi connectivity index (χ2n) is 3.68. The van der Waals surface area contributed by atoms with Crippen molar-refractivity contribution >= 4 is 5.97 Å². The summed E-state index contributed by atoms with van der Waals surface area (Å²) in [6.45, 7) is 2.58. The van der Waals surface area contributed by atoms with Gasteiger partial charge in [-0.1, -0.05) is 6.07 Å². The van der Waals surface area contributed by atoms with E-state index in [9.17, 15) is 4.79 Å². The lowest BCUT2D eigenvalue weighted by Gasteiger charge is -2.22. The topological polar surface area (TPSA) is 53.4 Å². The Balaban J connectivity index is 2.48. The SMILES string of the molecule is CC(CC(=O)O)N(C)Cc1ccccn1. The molecule has 0 fully saturated rings. The van der Waals surface area contributed by atoms with Crippen molar-refractivity contribution in [3.63, 3.8) is 0 Å². The molecule has 1 unspecified atom stereocenters. The molecule has 0 saturated heterocycles. The summed E-state index contributed by atoms with van der Waals surface area (Å²) in [6.07, 6.45) is 1.90. The number of nitrogens with zero attached hydrogens (tertiary/aromatic N) is 2. The third kappa shape index (κ3) is 4.08. The van der Waals surface area contributed by atoms with E-state index in [0.717, 1.165) is 5.69 Å². The summed E-state index contributed by atoms with van der Waals surface area (Å²) in [4.78, 5) is 16.7. The van der Waals surface area contributed by atoms with Crippen LogP contribution >= 0.6 is 0 Å². The first-order chi connectivity index (χ1) is 7.09. The van der Waals surface area contributed by atoms with Crippen LogP contribution in [0.3, 0.4) is 0 Å². The fourth-order valence-corrected chi connectivity index (χ4v) is 1.31. The van der Waals surface area contributed by atoms with Gasteiger partial charge in [0.2, 0.25) is 0 Å². The second-order valence-corrected chi connectivity index (χ2v) is 3.68. The third-order valence-corrected chi connectivity index (χ3v) is 2.36. The summed E-state index contributed by atoms with van der Waals surface area (Å²) < 4.78 is 0. The van der Waals surface area contributed by atoms with Gasteiger partial charge >= 0.3 is 5.97 Å². The zero-order chi connectivity index (χ0) is 11.3. The standard InChI is InChI=1S/C11H16N2O2/c1-9(7-11(14)15)13(2)8-10-5-3-4-6-12-10/h3-6,9H,7-8H2,1-2H3,(H,14,15). The molecule has 4 heteroatoms. The molecule has 1 atom stereocenters. The molecular weight excluding hydrogens is 192 g/mol. The highest BCUT2D eigenvalue weighted by molar-refractivity contribution is 5.67. The van der Waals surface area contributed by atoms with Crippen LogP contribution in [-0.2, 0) is 11.3 Å². The number of aliphatic carboxylic acids is 1. The van der Waals surface area contributed by atoms with E-state index in [2.05, 4.69) is 4.98 Å². The van der Waals surface area contributed by atoms with Crippen molar-refractivity contribution < 1.29 is 9.90 Å². The first-order valence-corrected chi connectivity index (χ1v) is 4.91. The smallest absolute Gasteiger partial charge is 0.304 e. The minimum Gasteiger partial charge on any atom is -0.481 e. The van der Waals surface area contributed by atoms with Gasteiger partial charge in [0.1, 0.15) is 0 Å². The molecule has 0 aromatic carbocycles. The highest BCUT2D eigenvalue weighted by Gasteiger charge is 2.13. The van der Waals surface area contributed by atoms with E-state index >= 15 is 0 Å². The Kier molecular flexibility index (Phi) is 4.24. The van der Waals surface area contributed by atoms with Crippen LogP contribution in [0, 0.1) is 0 Å². The summed E-state index contributed by atoms with van der Waals surface area (Å²) in [7, 11) is 1.91. The molecule has 0 aliphatic rings. The van der Waals surface area contributed by atoms with E-state index in [1.54, 1.807) is 6.20 Å². The Bertz CT molecular complexity index is 314. The van der Waals surface area contributed by atoms with Crippen LogP contribution in [0.15, 0.2) is 24.4 Å².